The molecule has 0 atom stereocenters. The second-order valence-corrected chi connectivity index (χ2v) is 5.82. The quantitative estimate of drug-likeness (QED) is 0.525. The van der Waals surface area contributed by atoms with Crippen molar-refractivity contribution in [3.05, 3.63) is 63.4 Å². The van der Waals surface area contributed by atoms with Gasteiger partial charge in [0.25, 0.3) is 0 Å². The Morgan fingerprint density at radius 2 is 1.92 bits per heavy atom. The third-order valence-electron chi connectivity index (χ3n) is 3.49. The lowest BCUT2D eigenvalue weighted by atomic mass is 10.0. The van der Waals surface area contributed by atoms with Gasteiger partial charge >= 0.3 is 6.18 Å². The van der Waals surface area contributed by atoms with Crippen molar-refractivity contribution in [3.8, 4) is 0 Å². The van der Waals surface area contributed by atoms with Crippen LogP contribution in [0.1, 0.15) is 29.2 Å². The van der Waals surface area contributed by atoms with Crippen LogP contribution in [0.3, 0.4) is 0 Å². The van der Waals surface area contributed by atoms with Crippen LogP contribution >= 0.6 is 11.6 Å². The van der Waals surface area contributed by atoms with Crippen molar-refractivity contribution in [1.82, 2.24) is 0 Å². The van der Waals surface area contributed by atoms with Crippen molar-refractivity contribution in [2.75, 3.05) is 5.32 Å². The molecule has 2 nitrogen and oxygen atoms in total. The summed E-state index contributed by atoms with van der Waals surface area (Å²) in [6, 6.07) is 6.40. The van der Waals surface area contributed by atoms with E-state index in [1.807, 2.05) is 0 Å². The van der Waals surface area contributed by atoms with Crippen molar-refractivity contribution in [2.24, 2.45) is 0 Å². The van der Waals surface area contributed by atoms with E-state index in [9.17, 15) is 17.6 Å². The molecular formula is C17H15ClF4N2. The first kappa shape index (κ1) is 18.3. The van der Waals surface area contributed by atoms with Crippen LogP contribution in [-0.4, -0.2) is 5.71 Å². The Hall–Kier alpha value is -2.08. The monoisotopic (exact) mass is 358 g/mol. The van der Waals surface area contributed by atoms with Gasteiger partial charge in [0.15, 0.2) is 0 Å². The van der Waals surface area contributed by atoms with Gasteiger partial charge in [-0.2, -0.15) is 13.2 Å². The molecule has 0 unspecified atom stereocenters. The van der Waals surface area contributed by atoms with E-state index < -0.39 is 17.6 Å². The number of nitrogens with one attached hydrogen (secondary N) is 2. The van der Waals surface area contributed by atoms with E-state index in [1.54, 1.807) is 13.0 Å². The Labute approximate surface area is 142 Å². The van der Waals surface area contributed by atoms with Crippen LogP contribution in [0.15, 0.2) is 30.3 Å². The number of hydrogen-bond donors (Lipinski definition) is 2. The molecule has 24 heavy (non-hydrogen) atoms. The summed E-state index contributed by atoms with van der Waals surface area (Å²) < 4.78 is 53.4. The van der Waals surface area contributed by atoms with Crippen LogP contribution < -0.4 is 5.32 Å². The second-order valence-electron chi connectivity index (χ2n) is 5.41. The minimum Gasteiger partial charge on any atom is -0.380 e. The number of benzene rings is 2. The fraction of sp³-hybridized carbons (Fsp3) is 0.235. The van der Waals surface area contributed by atoms with Crippen molar-refractivity contribution >= 4 is 23.0 Å². The Kier molecular flexibility index (Phi) is 5.18. The van der Waals surface area contributed by atoms with Crippen molar-refractivity contribution in [1.29, 1.82) is 5.41 Å². The lowest BCUT2D eigenvalue weighted by Gasteiger charge is -2.17. The minimum atomic E-state index is -4.54. The highest BCUT2D eigenvalue weighted by Gasteiger charge is 2.34. The molecule has 2 N–H and O–H groups in total. The van der Waals surface area contributed by atoms with E-state index in [-0.39, 0.29) is 34.1 Å². The highest BCUT2D eigenvalue weighted by molar-refractivity contribution is 6.31. The molecule has 0 aliphatic carbocycles. The van der Waals surface area contributed by atoms with Crippen LogP contribution in [0, 0.1) is 18.2 Å². The first-order chi connectivity index (χ1) is 11.1. The predicted molar refractivity (Wildman–Crippen MR) is 87.4 cm³/mol. The average Bonchev–Trinajstić information content (AvgIpc) is 2.43. The first-order valence-corrected chi connectivity index (χ1v) is 7.43. The number of rotatable bonds is 4. The van der Waals surface area contributed by atoms with Gasteiger partial charge in [-0.05, 0) is 43.7 Å². The summed E-state index contributed by atoms with van der Waals surface area (Å²) in [5, 5.41) is 10.4. The van der Waals surface area contributed by atoms with Crippen LogP contribution in [-0.2, 0) is 12.7 Å². The smallest absolute Gasteiger partial charge is 0.380 e. The van der Waals surface area contributed by atoms with Gasteiger partial charge in [-0.15, -0.1) is 0 Å². The average molecular weight is 359 g/mol. The predicted octanol–water partition coefficient (Wildman–Crippen LogP) is 5.81. The summed E-state index contributed by atoms with van der Waals surface area (Å²) >= 11 is 5.91. The minimum absolute atomic E-state index is 0.0230. The topological polar surface area (TPSA) is 35.9 Å². The van der Waals surface area contributed by atoms with Crippen LogP contribution in [0.2, 0.25) is 5.02 Å². The zero-order chi connectivity index (χ0) is 18.1. The maximum absolute atomic E-state index is 14.0. The number of halogens is 5. The first-order valence-electron chi connectivity index (χ1n) is 7.05. The Morgan fingerprint density at radius 1 is 1.25 bits per heavy atom. The summed E-state index contributed by atoms with van der Waals surface area (Å²) in [5.74, 6) is -0.597. The van der Waals surface area contributed by atoms with Gasteiger partial charge < -0.3 is 10.7 Å². The van der Waals surface area contributed by atoms with Gasteiger partial charge in [-0.3, -0.25) is 0 Å². The van der Waals surface area contributed by atoms with Crippen LogP contribution in [0.5, 0.6) is 0 Å². The molecule has 2 aromatic rings. The molecule has 2 aromatic carbocycles. The number of anilines is 1. The summed E-state index contributed by atoms with van der Waals surface area (Å²) in [5.41, 5.74) is -0.111. The largest absolute Gasteiger partial charge is 0.416 e. The van der Waals surface area contributed by atoms with E-state index in [0.29, 0.717) is 5.56 Å². The second kappa shape index (κ2) is 6.81. The number of aryl methyl sites for hydroxylation is 1. The molecule has 0 heterocycles. The molecule has 0 saturated carbocycles. The third-order valence-corrected chi connectivity index (χ3v) is 3.84. The molecule has 128 valence electrons. The van der Waals surface area contributed by atoms with Gasteiger partial charge in [0.05, 0.1) is 11.1 Å². The van der Waals surface area contributed by atoms with E-state index >= 15 is 0 Å². The molecule has 0 aliphatic heterocycles. The fourth-order valence-corrected chi connectivity index (χ4v) is 2.69. The molecule has 0 radical (unpaired) electrons. The standard InChI is InChI=1S/C17H15ClF4N2/c1-9-6-14(19)16(10(2)23)15(7-9)24-8-11-12(17(20,21)22)4-3-5-13(11)18/h3-7,23-24H,8H2,1-2H3. The third kappa shape index (κ3) is 3.87. The van der Waals surface area contributed by atoms with E-state index in [1.165, 1.54) is 25.1 Å². The summed E-state index contributed by atoms with van der Waals surface area (Å²) in [6.07, 6.45) is -4.54. The van der Waals surface area contributed by atoms with E-state index in [0.717, 1.165) is 6.07 Å². The van der Waals surface area contributed by atoms with Gasteiger partial charge in [0.1, 0.15) is 5.82 Å². The molecule has 0 amide bonds. The summed E-state index contributed by atoms with van der Waals surface area (Å²) in [7, 11) is 0. The molecule has 0 saturated heterocycles. The zero-order valence-corrected chi connectivity index (χ0v) is 13.7. The van der Waals surface area contributed by atoms with Gasteiger partial charge in [-0.1, -0.05) is 17.7 Å². The molecule has 2 rings (SSSR count). The lowest BCUT2D eigenvalue weighted by Crippen LogP contribution is -2.14. The van der Waals surface area contributed by atoms with Crippen LogP contribution in [0.25, 0.3) is 0 Å². The number of hydrogen-bond acceptors (Lipinski definition) is 2. The van der Waals surface area contributed by atoms with Gasteiger partial charge in [0, 0.05) is 28.5 Å². The van der Waals surface area contributed by atoms with Gasteiger partial charge in [-0.25, -0.2) is 4.39 Å². The van der Waals surface area contributed by atoms with Gasteiger partial charge in [0.2, 0.25) is 0 Å². The SMILES string of the molecule is CC(=N)c1c(F)cc(C)cc1NCc1c(Cl)cccc1C(F)(F)F. The highest BCUT2D eigenvalue weighted by Crippen LogP contribution is 2.35. The molecule has 7 heteroatoms. The van der Waals surface area contributed by atoms with Crippen molar-refractivity contribution < 1.29 is 17.6 Å². The summed E-state index contributed by atoms with van der Waals surface area (Å²) in [4.78, 5) is 0. The van der Waals surface area contributed by atoms with Crippen LogP contribution in [0.4, 0.5) is 23.2 Å². The maximum atomic E-state index is 14.0. The maximum Gasteiger partial charge on any atom is 0.416 e. The Morgan fingerprint density at radius 3 is 2.50 bits per heavy atom. The van der Waals surface area contributed by atoms with E-state index in [4.69, 9.17) is 17.0 Å². The van der Waals surface area contributed by atoms with Crippen molar-refractivity contribution in [3.63, 3.8) is 0 Å². The Balaban J connectivity index is 2.42. The number of alkyl halides is 3. The molecular weight excluding hydrogens is 344 g/mol. The molecule has 0 aromatic heterocycles. The molecule has 0 fully saturated rings. The molecule has 0 bridgehead atoms. The fourth-order valence-electron chi connectivity index (χ4n) is 2.45. The highest BCUT2D eigenvalue weighted by atomic mass is 35.5. The van der Waals surface area contributed by atoms with Crippen molar-refractivity contribution in [2.45, 2.75) is 26.6 Å². The molecule has 0 spiro atoms. The lowest BCUT2D eigenvalue weighted by molar-refractivity contribution is -0.138. The summed E-state index contributed by atoms with van der Waals surface area (Å²) in [6.45, 7) is 2.83. The van der Waals surface area contributed by atoms with E-state index in [2.05, 4.69) is 5.32 Å². The molecule has 0 aliphatic rings. The zero-order valence-electron chi connectivity index (χ0n) is 13.0. The normalized spacial score (nSPS) is 11.5. The Bertz CT molecular complexity index is 785.